The van der Waals surface area contributed by atoms with Gasteiger partial charge in [-0.2, -0.15) is 0 Å². The average molecular weight is 224 g/mol. The van der Waals surface area contributed by atoms with E-state index in [9.17, 15) is 0 Å². The van der Waals surface area contributed by atoms with E-state index in [-0.39, 0.29) is 32.3 Å². The molecule has 0 fully saturated rings. The van der Waals surface area contributed by atoms with Crippen molar-refractivity contribution in [3.8, 4) is 0 Å². The van der Waals surface area contributed by atoms with Crippen LogP contribution in [0.3, 0.4) is 0 Å². The molecule has 0 atom stereocenters. The van der Waals surface area contributed by atoms with Gasteiger partial charge in [-0.3, -0.25) is 4.79 Å². The zero-order chi connectivity index (χ0) is 2.71. The Morgan fingerprint density at radius 2 is 1.75 bits per heavy atom. The molecule has 0 aromatic heterocycles. The van der Waals surface area contributed by atoms with Gasteiger partial charge in [-0.05, 0) is 0 Å². The summed E-state index contributed by atoms with van der Waals surface area (Å²) in [7, 11) is 0. The van der Waals surface area contributed by atoms with Crippen LogP contribution < -0.4 is 5.73 Å². The minimum atomic E-state index is 0. The van der Waals surface area contributed by atoms with Crippen LogP contribution in [0.15, 0.2) is 0 Å². The van der Waals surface area contributed by atoms with E-state index < -0.39 is 0 Å². The molecular formula is CH3HfNO. The topological polar surface area (TPSA) is 43.1 Å². The minimum Gasteiger partial charge on any atom is -0.372 e. The molecule has 0 aliphatic heterocycles. The van der Waals surface area contributed by atoms with E-state index in [1.165, 1.54) is 0 Å². The third-order valence-corrected chi connectivity index (χ3v) is 0. The molecule has 1 amide bonds. The van der Waals surface area contributed by atoms with E-state index in [1.54, 1.807) is 0 Å². The van der Waals surface area contributed by atoms with Crippen molar-refractivity contribution >= 4 is 6.41 Å². The number of hydrogen-bond donors (Lipinski definition) is 1. The number of carbonyl (C=O) groups is 1. The number of hydrogen-bond acceptors (Lipinski definition) is 1. The van der Waals surface area contributed by atoms with Gasteiger partial charge in [-0.15, -0.1) is 0 Å². The summed E-state index contributed by atoms with van der Waals surface area (Å²) >= 11 is 0. The van der Waals surface area contributed by atoms with E-state index in [2.05, 4.69) is 5.73 Å². The maximum absolute atomic E-state index is 8.58. The molecule has 0 aliphatic carbocycles. The van der Waals surface area contributed by atoms with Crippen LogP contribution in [-0.2, 0) is 30.6 Å². The summed E-state index contributed by atoms with van der Waals surface area (Å²) < 4.78 is 0. The fourth-order valence-electron chi connectivity index (χ4n) is 0. The molecule has 0 radical (unpaired) electrons. The molecule has 0 bridgehead atoms. The molecule has 2 N–H and O–H groups in total. The van der Waals surface area contributed by atoms with Gasteiger partial charge in [-0.1, -0.05) is 0 Å². The zero-order valence-corrected chi connectivity index (χ0v) is 5.66. The van der Waals surface area contributed by atoms with Gasteiger partial charge in [-0.25, -0.2) is 0 Å². The van der Waals surface area contributed by atoms with E-state index in [1.807, 2.05) is 0 Å². The number of amides is 1. The van der Waals surface area contributed by atoms with Crippen LogP contribution in [0.4, 0.5) is 0 Å². The van der Waals surface area contributed by atoms with Crippen molar-refractivity contribution in [2.45, 2.75) is 0 Å². The molecule has 0 aromatic rings. The largest absolute Gasteiger partial charge is 0.372 e. The second-order valence-electron chi connectivity index (χ2n) is 0.136. The molecule has 0 aliphatic rings. The van der Waals surface area contributed by atoms with Crippen LogP contribution in [0.1, 0.15) is 0 Å². The Morgan fingerprint density at radius 1 is 1.75 bits per heavy atom. The van der Waals surface area contributed by atoms with Crippen LogP contribution in [0, 0.1) is 0 Å². The van der Waals surface area contributed by atoms with Gasteiger partial charge in [0.1, 0.15) is 0 Å². The predicted octanol–water partition coefficient (Wildman–Crippen LogP) is -0.901. The third-order valence-electron chi connectivity index (χ3n) is 0. The first-order valence-corrected chi connectivity index (χ1v) is 0.569. The van der Waals surface area contributed by atoms with Crippen LogP contribution in [0.25, 0.3) is 0 Å². The maximum Gasteiger partial charge on any atom is 0.204 e. The molecule has 0 saturated carbocycles. The van der Waals surface area contributed by atoms with Crippen LogP contribution in [0.5, 0.6) is 0 Å². The zero-order valence-electron chi connectivity index (χ0n) is 2.06. The van der Waals surface area contributed by atoms with Crippen molar-refractivity contribution in [2.24, 2.45) is 5.73 Å². The average Bonchev–Trinajstić information content (AvgIpc) is 0.918. The summed E-state index contributed by atoms with van der Waals surface area (Å²) in [5, 5.41) is 0. The smallest absolute Gasteiger partial charge is 0.204 e. The van der Waals surface area contributed by atoms with Gasteiger partial charge in [0, 0.05) is 25.8 Å². The predicted molar refractivity (Wildman–Crippen MR) is 10.3 cm³/mol. The second kappa shape index (κ2) is 10.2. The molecular weight excluding hydrogens is 221 g/mol. The molecule has 0 heterocycles. The SMILES string of the molecule is NC=O.[Hf]. The summed E-state index contributed by atoms with van der Waals surface area (Å²) in [4.78, 5) is 8.58. The molecule has 0 spiro atoms. The summed E-state index contributed by atoms with van der Waals surface area (Å²) in [5.41, 5.74) is 4.17. The van der Waals surface area contributed by atoms with Gasteiger partial charge in [0.05, 0.1) is 0 Å². The third kappa shape index (κ3) is 36.3. The molecule has 4 heavy (non-hydrogen) atoms. The van der Waals surface area contributed by atoms with Crippen LogP contribution in [-0.4, -0.2) is 6.41 Å². The first-order chi connectivity index (χ1) is 1.41. The monoisotopic (exact) mass is 225 g/mol. The van der Waals surface area contributed by atoms with Gasteiger partial charge in [0.2, 0.25) is 6.41 Å². The number of nitrogens with two attached hydrogens (primary N) is 1. The standard InChI is InChI=1S/CH3NO.Hf/c2-1-3;/h1H,(H2,2,3);. The van der Waals surface area contributed by atoms with Crippen LogP contribution in [0.2, 0.25) is 0 Å². The molecule has 0 saturated heterocycles. The maximum atomic E-state index is 8.58. The second-order valence-corrected chi connectivity index (χ2v) is 0.136. The van der Waals surface area contributed by atoms with Crippen LogP contribution >= 0.6 is 0 Å². The Morgan fingerprint density at radius 3 is 1.75 bits per heavy atom. The minimum absolute atomic E-state index is 0. The van der Waals surface area contributed by atoms with Gasteiger partial charge in [0.25, 0.3) is 0 Å². The Kier molecular flexibility index (Phi) is 22.5. The normalized spacial score (nSPS) is 3.00. The Hall–Kier alpha value is 0.340. The van der Waals surface area contributed by atoms with E-state index in [0.29, 0.717) is 0 Å². The molecule has 0 unspecified atom stereocenters. The van der Waals surface area contributed by atoms with E-state index in [0.717, 1.165) is 0 Å². The Bertz CT molecular complexity index is 15.5. The van der Waals surface area contributed by atoms with Crippen molar-refractivity contribution in [1.82, 2.24) is 0 Å². The Balaban J connectivity index is 0. The molecule has 22 valence electrons. The Labute approximate surface area is 43.1 Å². The molecule has 3 heteroatoms. The van der Waals surface area contributed by atoms with Gasteiger partial charge < -0.3 is 5.73 Å². The molecule has 0 aromatic carbocycles. The molecule has 2 nitrogen and oxygen atoms in total. The summed E-state index contributed by atoms with van der Waals surface area (Å²) in [6.07, 6.45) is 0.250. The summed E-state index contributed by atoms with van der Waals surface area (Å²) in [6, 6.07) is 0. The van der Waals surface area contributed by atoms with Crippen molar-refractivity contribution < 1.29 is 30.6 Å². The number of rotatable bonds is 0. The number of carbonyl (C=O) groups excluding carboxylic acids is 1. The van der Waals surface area contributed by atoms with Crippen molar-refractivity contribution in [1.29, 1.82) is 0 Å². The van der Waals surface area contributed by atoms with E-state index >= 15 is 0 Å². The summed E-state index contributed by atoms with van der Waals surface area (Å²) in [5.74, 6) is 0. The van der Waals surface area contributed by atoms with Gasteiger partial charge >= 0.3 is 0 Å². The van der Waals surface area contributed by atoms with Crippen molar-refractivity contribution in [3.05, 3.63) is 0 Å². The summed E-state index contributed by atoms with van der Waals surface area (Å²) in [6.45, 7) is 0. The van der Waals surface area contributed by atoms with E-state index in [4.69, 9.17) is 4.79 Å². The first kappa shape index (κ1) is 8.84. The fourth-order valence-corrected chi connectivity index (χ4v) is 0. The van der Waals surface area contributed by atoms with Gasteiger partial charge in [0.15, 0.2) is 0 Å². The number of primary amides is 1. The van der Waals surface area contributed by atoms with Crippen molar-refractivity contribution in [2.75, 3.05) is 0 Å². The van der Waals surface area contributed by atoms with Crippen molar-refractivity contribution in [3.63, 3.8) is 0 Å². The fraction of sp³-hybridized carbons (Fsp3) is 0. The quantitative estimate of drug-likeness (QED) is 0.420. The molecule has 0 rings (SSSR count). The first-order valence-electron chi connectivity index (χ1n) is 0.569.